The fourth-order valence-electron chi connectivity index (χ4n) is 1.90. The first-order valence-corrected chi connectivity index (χ1v) is 6.20. The summed E-state index contributed by atoms with van der Waals surface area (Å²) in [6.07, 6.45) is 0. The van der Waals surface area contributed by atoms with E-state index in [0.717, 1.165) is 22.4 Å². The molecule has 2 aromatic rings. The second-order valence-electron chi connectivity index (χ2n) is 4.36. The van der Waals surface area contributed by atoms with Crippen molar-refractivity contribution >= 4 is 17.3 Å². The number of aryl methyl sites for hydroxylation is 2. The third kappa shape index (κ3) is 2.82. The van der Waals surface area contributed by atoms with E-state index in [1.807, 2.05) is 32.0 Å². The van der Waals surface area contributed by atoms with Crippen molar-refractivity contribution in [2.24, 2.45) is 0 Å². The van der Waals surface area contributed by atoms with Crippen molar-refractivity contribution in [3.05, 3.63) is 63.9 Å². The first-order valence-electron chi connectivity index (χ1n) is 5.82. The summed E-state index contributed by atoms with van der Waals surface area (Å²) in [7, 11) is 0. The molecule has 0 spiro atoms. The number of hydrogen-bond acceptors (Lipinski definition) is 1. The minimum absolute atomic E-state index is 0.204. The van der Waals surface area contributed by atoms with E-state index in [-0.39, 0.29) is 5.82 Å². The zero-order valence-corrected chi connectivity index (χ0v) is 11.2. The van der Waals surface area contributed by atoms with E-state index < -0.39 is 0 Å². The Kier molecular flexibility index (Phi) is 3.87. The molecule has 18 heavy (non-hydrogen) atoms. The third-order valence-electron chi connectivity index (χ3n) is 2.98. The second kappa shape index (κ2) is 5.40. The van der Waals surface area contributed by atoms with Gasteiger partial charge in [-0.2, -0.15) is 0 Å². The molecule has 0 aliphatic carbocycles. The van der Waals surface area contributed by atoms with Crippen LogP contribution in [0.4, 0.5) is 10.1 Å². The Labute approximate surface area is 112 Å². The fourth-order valence-corrected chi connectivity index (χ4v) is 2.19. The van der Waals surface area contributed by atoms with Crippen LogP contribution in [0, 0.1) is 19.7 Å². The molecule has 1 N–H and O–H groups in total. The predicted molar refractivity (Wildman–Crippen MR) is 74.7 cm³/mol. The van der Waals surface area contributed by atoms with Gasteiger partial charge < -0.3 is 5.32 Å². The van der Waals surface area contributed by atoms with Crippen molar-refractivity contribution in [2.45, 2.75) is 20.4 Å². The molecule has 0 radical (unpaired) electrons. The van der Waals surface area contributed by atoms with Crippen LogP contribution in [0.2, 0.25) is 5.02 Å². The number of rotatable bonds is 3. The monoisotopic (exact) mass is 263 g/mol. The number of hydrogen-bond donors (Lipinski definition) is 1. The zero-order valence-electron chi connectivity index (χ0n) is 10.4. The van der Waals surface area contributed by atoms with Crippen molar-refractivity contribution in [2.75, 3.05) is 5.32 Å². The zero-order chi connectivity index (χ0) is 13.1. The van der Waals surface area contributed by atoms with Crippen molar-refractivity contribution < 1.29 is 4.39 Å². The number of nitrogens with one attached hydrogen (secondary N) is 1. The van der Waals surface area contributed by atoms with Gasteiger partial charge >= 0.3 is 0 Å². The number of benzene rings is 2. The maximum Gasteiger partial charge on any atom is 0.123 e. The smallest absolute Gasteiger partial charge is 0.123 e. The molecule has 0 unspecified atom stereocenters. The highest BCUT2D eigenvalue weighted by Crippen LogP contribution is 2.26. The van der Waals surface area contributed by atoms with E-state index in [2.05, 4.69) is 5.32 Å². The van der Waals surface area contributed by atoms with E-state index >= 15 is 0 Å². The Morgan fingerprint density at radius 3 is 2.56 bits per heavy atom. The Morgan fingerprint density at radius 1 is 1.11 bits per heavy atom. The highest BCUT2D eigenvalue weighted by atomic mass is 35.5. The summed E-state index contributed by atoms with van der Waals surface area (Å²) in [4.78, 5) is 0. The van der Waals surface area contributed by atoms with E-state index in [4.69, 9.17) is 11.6 Å². The van der Waals surface area contributed by atoms with Crippen LogP contribution >= 0.6 is 11.6 Å². The summed E-state index contributed by atoms with van der Waals surface area (Å²) in [5.74, 6) is -0.204. The van der Waals surface area contributed by atoms with Crippen LogP contribution in [0.1, 0.15) is 16.7 Å². The van der Waals surface area contributed by atoms with Crippen molar-refractivity contribution in [1.29, 1.82) is 0 Å². The van der Waals surface area contributed by atoms with Crippen LogP contribution in [-0.2, 0) is 6.54 Å². The Morgan fingerprint density at radius 2 is 1.89 bits per heavy atom. The van der Waals surface area contributed by atoms with Crippen molar-refractivity contribution in [3.8, 4) is 0 Å². The quantitative estimate of drug-likeness (QED) is 0.846. The third-order valence-corrected chi connectivity index (χ3v) is 3.30. The maximum absolute atomic E-state index is 13.0. The Bertz CT molecular complexity index is 546. The van der Waals surface area contributed by atoms with Gasteiger partial charge in [0.25, 0.3) is 0 Å². The molecule has 0 bridgehead atoms. The number of para-hydroxylation sites is 1. The van der Waals surface area contributed by atoms with E-state index in [0.29, 0.717) is 11.6 Å². The van der Waals surface area contributed by atoms with Crippen LogP contribution in [0.5, 0.6) is 0 Å². The fraction of sp³-hybridized carbons (Fsp3) is 0.200. The average molecular weight is 264 g/mol. The maximum atomic E-state index is 13.0. The summed E-state index contributed by atoms with van der Waals surface area (Å²) < 4.78 is 13.0. The van der Waals surface area contributed by atoms with Crippen molar-refractivity contribution in [1.82, 2.24) is 0 Å². The van der Waals surface area contributed by atoms with Crippen molar-refractivity contribution in [3.63, 3.8) is 0 Å². The van der Waals surface area contributed by atoms with Gasteiger partial charge in [0.05, 0.1) is 10.7 Å². The molecule has 2 aromatic carbocycles. The minimum Gasteiger partial charge on any atom is -0.380 e. The van der Waals surface area contributed by atoms with Gasteiger partial charge in [0, 0.05) is 6.54 Å². The van der Waals surface area contributed by atoms with E-state index in [9.17, 15) is 4.39 Å². The van der Waals surface area contributed by atoms with Crippen LogP contribution in [0.15, 0.2) is 36.4 Å². The van der Waals surface area contributed by atoms with Gasteiger partial charge in [-0.15, -0.1) is 0 Å². The molecule has 0 heterocycles. The van der Waals surface area contributed by atoms with E-state index in [1.165, 1.54) is 12.1 Å². The summed E-state index contributed by atoms with van der Waals surface area (Å²) >= 11 is 6.14. The van der Waals surface area contributed by atoms with Gasteiger partial charge in [-0.3, -0.25) is 0 Å². The van der Waals surface area contributed by atoms with Crippen LogP contribution < -0.4 is 5.32 Å². The molecule has 0 atom stereocenters. The van der Waals surface area contributed by atoms with Crippen LogP contribution in [0.3, 0.4) is 0 Å². The standard InChI is InChI=1S/C15H15ClFN/c1-10-4-3-5-14(16)15(10)18-9-12-6-7-13(17)8-11(12)2/h3-8,18H,9H2,1-2H3. The molecule has 0 saturated carbocycles. The Hall–Kier alpha value is -1.54. The lowest BCUT2D eigenvalue weighted by molar-refractivity contribution is 0.625. The lowest BCUT2D eigenvalue weighted by Crippen LogP contribution is -2.03. The van der Waals surface area contributed by atoms with Gasteiger partial charge in [0.15, 0.2) is 0 Å². The molecule has 0 amide bonds. The summed E-state index contributed by atoms with van der Waals surface area (Å²) in [5.41, 5.74) is 4.04. The Balaban J connectivity index is 2.16. The summed E-state index contributed by atoms with van der Waals surface area (Å²) in [6, 6.07) is 10.6. The van der Waals surface area contributed by atoms with Gasteiger partial charge in [-0.25, -0.2) is 4.39 Å². The molecule has 0 fully saturated rings. The highest BCUT2D eigenvalue weighted by Gasteiger charge is 2.04. The second-order valence-corrected chi connectivity index (χ2v) is 4.76. The number of halogens is 2. The molecule has 0 aliphatic heterocycles. The molecule has 0 saturated heterocycles. The lowest BCUT2D eigenvalue weighted by Gasteiger charge is -2.12. The first-order chi connectivity index (χ1) is 8.58. The molecule has 3 heteroatoms. The molecule has 1 nitrogen and oxygen atoms in total. The minimum atomic E-state index is -0.204. The normalized spacial score (nSPS) is 10.4. The summed E-state index contributed by atoms with van der Waals surface area (Å²) in [6.45, 7) is 4.54. The lowest BCUT2D eigenvalue weighted by atomic mass is 10.1. The molecule has 0 aromatic heterocycles. The van der Waals surface area contributed by atoms with Gasteiger partial charge in [0.1, 0.15) is 5.82 Å². The predicted octanol–water partition coefficient (Wildman–Crippen LogP) is 4.71. The molecular formula is C15H15ClFN. The first kappa shape index (κ1) is 12.9. The largest absolute Gasteiger partial charge is 0.380 e. The molecule has 94 valence electrons. The molecule has 2 rings (SSSR count). The average Bonchev–Trinajstić information content (AvgIpc) is 2.31. The van der Waals surface area contributed by atoms with Crippen LogP contribution in [-0.4, -0.2) is 0 Å². The summed E-state index contributed by atoms with van der Waals surface area (Å²) in [5, 5.41) is 4.01. The van der Waals surface area contributed by atoms with E-state index in [1.54, 1.807) is 6.07 Å². The van der Waals surface area contributed by atoms with Gasteiger partial charge in [-0.05, 0) is 48.7 Å². The van der Waals surface area contributed by atoms with Gasteiger partial charge in [-0.1, -0.05) is 29.8 Å². The molecular weight excluding hydrogens is 249 g/mol. The SMILES string of the molecule is Cc1cc(F)ccc1CNc1c(C)cccc1Cl. The number of anilines is 1. The topological polar surface area (TPSA) is 12.0 Å². The van der Waals surface area contributed by atoms with Gasteiger partial charge in [0.2, 0.25) is 0 Å². The highest BCUT2D eigenvalue weighted by molar-refractivity contribution is 6.33. The molecule has 0 aliphatic rings. The van der Waals surface area contributed by atoms with Crippen LogP contribution in [0.25, 0.3) is 0 Å².